The van der Waals surface area contributed by atoms with E-state index >= 15 is 0 Å². The zero-order valence-corrected chi connectivity index (χ0v) is 12.1. The minimum Gasteiger partial charge on any atom is -0.358 e. The molecular formula is C11H10FN3O4S2. The van der Waals surface area contributed by atoms with E-state index in [1.807, 2.05) is 0 Å². The molecule has 0 unspecified atom stereocenters. The highest BCUT2D eigenvalue weighted by Gasteiger charge is 2.09. The van der Waals surface area contributed by atoms with Crippen LogP contribution < -0.4 is 14.8 Å². The third-order valence-electron chi connectivity index (χ3n) is 2.19. The van der Waals surface area contributed by atoms with Crippen molar-refractivity contribution in [2.24, 2.45) is 0 Å². The van der Waals surface area contributed by atoms with E-state index < -0.39 is 16.5 Å². The van der Waals surface area contributed by atoms with E-state index in [0.717, 1.165) is 5.01 Å². The van der Waals surface area contributed by atoms with E-state index in [-0.39, 0.29) is 5.75 Å². The molecule has 0 saturated heterocycles. The van der Waals surface area contributed by atoms with E-state index in [0.29, 0.717) is 12.2 Å². The topological polar surface area (TPSA) is 97.4 Å². The zero-order valence-electron chi connectivity index (χ0n) is 10.4. The third-order valence-corrected chi connectivity index (χ3v) is 3.36. The van der Waals surface area contributed by atoms with Crippen molar-refractivity contribution in [3.63, 3.8) is 0 Å². The molecule has 0 atom stereocenters. The summed E-state index contributed by atoms with van der Waals surface area (Å²) in [5.41, 5.74) is 0.398. The molecule has 0 aliphatic rings. The van der Waals surface area contributed by atoms with Crippen LogP contribution in [0.5, 0.6) is 5.75 Å². The normalized spacial score (nSPS) is 10.9. The average Bonchev–Trinajstić information content (AvgIpc) is 2.90. The number of carbonyl (C=O) groups is 1. The summed E-state index contributed by atoms with van der Waals surface area (Å²) in [6.07, 6.45) is 1.64. The number of nitrogens with zero attached hydrogens (tertiary/aromatic N) is 1. The molecule has 2 amide bonds. The fourth-order valence-electron chi connectivity index (χ4n) is 1.38. The standard InChI is InChI=1S/C11H10FN3O4S2/c12-21(17,18)19-9-3-1-8(2-4-9)15-11(16)14-7-10-13-5-6-20-10/h1-6H,7H2,(H2,14,15,16). The smallest absolute Gasteiger partial charge is 0.358 e. The summed E-state index contributed by atoms with van der Waals surface area (Å²) < 4.78 is 36.9. The number of nitrogens with one attached hydrogen (secondary N) is 2. The summed E-state index contributed by atoms with van der Waals surface area (Å²) in [5.74, 6) is -0.189. The Morgan fingerprint density at radius 1 is 1.33 bits per heavy atom. The van der Waals surface area contributed by atoms with Gasteiger partial charge in [0.15, 0.2) is 0 Å². The van der Waals surface area contributed by atoms with Crippen LogP contribution in [0, 0.1) is 0 Å². The number of halogens is 1. The summed E-state index contributed by atoms with van der Waals surface area (Å²) >= 11 is 1.42. The lowest BCUT2D eigenvalue weighted by atomic mass is 10.3. The molecule has 0 saturated carbocycles. The van der Waals surface area contributed by atoms with Crippen LogP contribution >= 0.6 is 11.3 Å². The number of urea groups is 1. The number of benzene rings is 1. The first kappa shape index (κ1) is 15.2. The van der Waals surface area contributed by atoms with Crippen LogP contribution in [0.15, 0.2) is 35.8 Å². The van der Waals surface area contributed by atoms with Crippen molar-refractivity contribution in [3.8, 4) is 5.75 Å². The number of hydrogen-bond donors (Lipinski definition) is 2. The molecule has 21 heavy (non-hydrogen) atoms. The first-order valence-electron chi connectivity index (χ1n) is 5.60. The monoisotopic (exact) mass is 331 g/mol. The molecule has 1 heterocycles. The lowest BCUT2D eigenvalue weighted by molar-refractivity contribution is 0.251. The van der Waals surface area contributed by atoms with Gasteiger partial charge in [0.2, 0.25) is 0 Å². The predicted molar refractivity (Wildman–Crippen MR) is 75.1 cm³/mol. The molecule has 2 N–H and O–H groups in total. The van der Waals surface area contributed by atoms with Gasteiger partial charge in [0.25, 0.3) is 0 Å². The van der Waals surface area contributed by atoms with E-state index in [4.69, 9.17) is 0 Å². The van der Waals surface area contributed by atoms with Gasteiger partial charge in [-0.15, -0.1) is 11.3 Å². The van der Waals surface area contributed by atoms with E-state index in [9.17, 15) is 17.1 Å². The molecule has 1 aromatic carbocycles. The highest BCUT2D eigenvalue weighted by molar-refractivity contribution is 7.81. The number of hydrogen-bond acceptors (Lipinski definition) is 6. The molecule has 0 radical (unpaired) electrons. The van der Waals surface area contributed by atoms with E-state index in [2.05, 4.69) is 19.8 Å². The molecule has 112 valence electrons. The number of thiazole rings is 1. The van der Waals surface area contributed by atoms with Crippen molar-refractivity contribution >= 4 is 33.6 Å². The number of amides is 2. The number of carbonyl (C=O) groups excluding carboxylic acids is 1. The Hall–Kier alpha value is -2.20. The molecule has 0 spiro atoms. The summed E-state index contributed by atoms with van der Waals surface area (Å²) in [4.78, 5) is 15.6. The summed E-state index contributed by atoms with van der Waals surface area (Å²) in [5, 5.41) is 7.68. The van der Waals surface area contributed by atoms with Crippen LogP contribution in [0.25, 0.3) is 0 Å². The maximum atomic E-state index is 12.3. The van der Waals surface area contributed by atoms with E-state index in [1.54, 1.807) is 11.6 Å². The first-order valence-corrected chi connectivity index (χ1v) is 7.78. The molecule has 0 bridgehead atoms. The van der Waals surface area contributed by atoms with Crippen molar-refractivity contribution in [1.29, 1.82) is 0 Å². The van der Waals surface area contributed by atoms with Crippen molar-refractivity contribution in [1.82, 2.24) is 10.3 Å². The van der Waals surface area contributed by atoms with Crippen LogP contribution in [-0.2, 0) is 17.0 Å². The highest BCUT2D eigenvalue weighted by atomic mass is 32.3. The summed E-state index contributed by atoms with van der Waals surface area (Å²) in [6, 6.07) is 4.74. The molecule has 2 aromatic rings. The number of aromatic nitrogens is 1. The van der Waals surface area contributed by atoms with Crippen LogP contribution in [0.3, 0.4) is 0 Å². The molecule has 10 heteroatoms. The quantitative estimate of drug-likeness (QED) is 0.817. The fourth-order valence-corrected chi connectivity index (χ4v) is 2.28. The van der Waals surface area contributed by atoms with Gasteiger partial charge in [-0.05, 0) is 24.3 Å². The minimum absolute atomic E-state index is 0.189. The van der Waals surface area contributed by atoms with Gasteiger partial charge in [-0.2, -0.15) is 8.42 Å². The van der Waals surface area contributed by atoms with Gasteiger partial charge >= 0.3 is 16.5 Å². The summed E-state index contributed by atoms with van der Waals surface area (Å²) in [6.45, 7) is 0.296. The zero-order chi connectivity index (χ0) is 15.3. The van der Waals surface area contributed by atoms with Gasteiger partial charge in [-0.1, -0.05) is 3.89 Å². The molecule has 2 rings (SSSR count). The van der Waals surface area contributed by atoms with Gasteiger partial charge < -0.3 is 14.8 Å². The summed E-state index contributed by atoms with van der Waals surface area (Å²) in [7, 11) is -5.05. The fraction of sp³-hybridized carbons (Fsp3) is 0.0909. The number of rotatable bonds is 5. The van der Waals surface area contributed by atoms with E-state index in [1.165, 1.54) is 35.6 Å². The Morgan fingerprint density at radius 3 is 2.62 bits per heavy atom. The Kier molecular flexibility index (Phi) is 4.70. The van der Waals surface area contributed by atoms with Crippen LogP contribution in [-0.4, -0.2) is 19.4 Å². The second kappa shape index (κ2) is 6.50. The lowest BCUT2D eigenvalue weighted by Gasteiger charge is -2.07. The Morgan fingerprint density at radius 2 is 2.05 bits per heavy atom. The van der Waals surface area contributed by atoms with Crippen molar-refractivity contribution in [3.05, 3.63) is 40.8 Å². The predicted octanol–water partition coefficient (Wildman–Crippen LogP) is 2.06. The molecule has 0 aliphatic carbocycles. The van der Waals surface area contributed by atoms with Crippen LogP contribution in [0.4, 0.5) is 14.4 Å². The SMILES string of the molecule is O=C(NCc1nccs1)Nc1ccc(OS(=O)(=O)F)cc1. The maximum absolute atomic E-state index is 12.3. The second-order valence-corrected chi connectivity index (χ2v) is 5.67. The maximum Gasteiger partial charge on any atom is 0.488 e. The molecule has 0 fully saturated rings. The van der Waals surface area contributed by atoms with Gasteiger partial charge in [0.1, 0.15) is 10.8 Å². The van der Waals surface area contributed by atoms with Crippen molar-refractivity contribution in [2.45, 2.75) is 6.54 Å². The second-order valence-electron chi connectivity index (χ2n) is 3.73. The third kappa shape index (κ3) is 5.36. The van der Waals surface area contributed by atoms with Crippen molar-refractivity contribution < 1.29 is 21.3 Å². The molecule has 0 aliphatic heterocycles. The average molecular weight is 331 g/mol. The Balaban J connectivity index is 1.86. The Bertz CT molecular complexity index is 702. The Labute approximate surface area is 124 Å². The molecular weight excluding hydrogens is 321 g/mol. The largest absolute Gasteiger partial charge is 0.488 e. The molecule has 1 aromatic heterocycles. The lowest BCUT2D eigenvalue weighted by Crippen LogP contribution is -2.28. The van der Waals surface area contributed by atoms with Crippen molar-refractivity contribution in [2.75, 3.05) is 5.32 Å². The minimum atomic E-state index is -5.05. The van der Waals surface area contributed by atoms with Crippen LogP contribution in [0.1, 0.15) is 5.01 Å². The molecule has 7 nitrogen and oxygen atoms in total. The number of anilines is 1. The van der Waals surface area contributed by atoms with Gasteiger partial charge in [0, 0.05) is 17.3 Å². The van der Waals surface area contributed by atoms with Gasteiger partial charge in [0.05, 0.1) is 6.54 Å². The first-order chi connectivity index (χ1) is 9.92. The van der Waals surface area contributed by atoms with Gasteiger partial charge in [-0.25, -0.2) is 9.78 Å². The highest BCUT2D eigenvalue weighted by Crippen LogP contribution is 2.17. The van der Waals surface area contributed by atoms with Gasteiger partial charge in [-0.3, -0.25) is 0 Å². The van der Waals surface area contributed by atoms with Crippen LogP contribution in [0.2, 0.25) is 0 Å².